The predicted molar refractivity (Wildman–Crippen MR) is 122 cm³/mol. The monoisotopic (exact) mass is 433 g/mol. The quantitative estimate of drug-likeness (QED) is 0.423. The van der Waals surface area contributed by atoms with Crippen LogP contribution in [0.1, 0.15) is 27.2 Å². The van der Waals surface area contributed by atoms with Gasteiger partial charge >= 0.3 is 0 Å². The van der Waals surface area contributed by atoms with Crippen molar-refractivity contribution in [3.8, 4) is 0 Å². The molecule has 0 aliphatic heterocycles. The Morgan fingerprint density at radius 1 is 1.03 bits per heavy atom. The Labute approximate surface area is 182 Å². The molecule has 0 saturated carbocycles. The van der Waals surface area contributed by atoms with Gasteiger partial charge in [-0.25, -0.2) is 9.37 Å². The van der Waals surface area contributed by atoms with E-state index in [9.17, 15) is 14.0 Å². The zero-order valence-electron chi connectivity index (χ0n) is 17.0. The molecule has 0 aliphatic carbocycles. The molecular weight excluding hydrogens is 413 g/mol. The maximum atomic E-state index is 13.0. The lowest BCUT2D eigenvalue weighted by Crippen LogP contribution is -2.14. The number of fused-ring (bicyclic) bond motifs is 1. The number of aromatic nitrogens is 2. The maximum absolute atomic E-state index is 13.0. The number of amides is 1. The van der Waals surface area contributed by atoms with E-state index in [2.05, 4.69) is 15.3 Å². The van der Waals surface area contributed by atoms with Crippen LogP contribution < -0.4 is 10.9 Å². The third kappa shape index (κ3) is 4.83. The molecule has 0 saturated heterocycles. The molecule has 0 aliphatic rings. The molecule has 0 radical (unpaired) electrons. The van der Waals surface area contributed by atoms with E-state index >= 15 is 0 Å². The minimum absolute atomic E-state index is 0.188. The molecule has 7 heteroatoms. The van der Waals surface area contributed by atoms with E-state index in [1.807, 2.05) is 38.1 Å². The lowest BCUT2D eigenvalue weighted by atomic mass is 10.1. The van der Waals surface area contributed by atoms with E-state index < -0.39 is 0 Å². The zero-order chi connectivity index (χ0) is 22.0. The summed E-state index contributed by atoms with van der Waals surface area (Å²) >= 11 is 1.49. The molecule has 0 bridgehead atoms. The minimum Gasteiger partial charge on any atom is -0.322 e. The second kappa shape index (κ2) is 8.73. The zero-order valence-corrected chi connectivity index (χ0v) is 17.8. The third-order valence-electron chi connectivity index (χ3n) is 4.97. The summed E-state index contributed by atoms with van der Waals surface area (Å²) in [5.74, 6) is -0.264. The standard InChI is InChI=1S/C24H20FN3O2S/c1-14-11-20-21(12-15(14)2)28-24(30)22(27-20)13-31-19-9-7-18(8-10-19)26-23(29)16-3-5-17(25)6-4-16/h3-12H,13H2,1-2H3,(H,26,29)(H,28,30). The van der Waals surface area contributed by atoms with Crippen molar-refractivity contribution < 1.29 is 9.18 Å². The molecule has 0 fully saturated rings. The van der Waals surface area contributed by atoms with Gasteiger partial charge < -0.3 is 10.3 Å². The van der Waals surface area contributed by atoms with Crippen LogP contribution >= 0.6 is 11.8 Å². The van der Waals surface area contributed by atoms with Gasteiger partial charge in [-0.2, -0.15) is 0 Å². The Bertz CT molecular complexity index is 1320. The first kappa shape index (κ1) is 20.8. The molecular formula is C24H20FN3O2S. The molecule has 3 aromatic carbocycles. The van der Waals surface area contributed by atoms with Crippen LogP contribution in [0, 0.1) is 19.7 Å². The summed E-state index contributed by atoms with van der Waals surface area (Å²) in [6.45, 7) is 4.02. The average Bonchev–Trinajstić information content (AvgIpc) is 2.75. The van der Waals surface area contributed by atoms with Gasteiger partial charge in [-0.1, -0.05) is 0 Å². The molecule has 0 spiro atoms. The van der Waals surface area contributed by atoms with Crippen molar-refractivity contribution in [3.05, 3.63) is 99.2 Å². The van der Waals surface area contributed by atoms with Crippen molar-refractivity contribution in [3.63, 3.8) is 0 Å². The fourth-order valence-corrected chi connectivity index (χ4v) is 3.90. The van der Waals surface area contributed by atoms with Crippen molar-refractivity contribution in [2.75, 3.05) is 5.32 Å². The molecule has 2 N–H and O–H groups in total. The number of hydrogen-bond acceptors (Lipinski definition) is 4. The Morgan fingerprint density at radius 3 is 2.42 bits per heavy atom. The number of hydrogen-bond donors (Lipinski definition) is 2. The van der Waals surface area contributed by atoms with E-state index in [4.69, 9.17) is 0 Å². The van der Waals surface area contributed by atoms with Crippen LogP contribution in [0.15, 0.2) is 70.4 Å². The number of H-pyrrole nitrogens is 1. The first-order valence-corrected chi connectivity index (χ1v) is 10.7. The van der Waals surface area contributed by atoms with E-state index in [0.29, 0.717) is 22.7 Å². The molecule has 4 rings (SSSR count). The molecule has 0 unspecified atom stereocenters. The van der Waals surface area contributed by atoms with Crippen molar-refractivity contribution in [2.45, 2.75) is 24.5 Å². The van der Waals surface area contributed by atoms with Gasteiger partial charge in [0.1, 0.15) is 11.5 Å². The highest BCUT2D eigenvalue weighted by atomic mass is 32.2. The fourth-order valence-electron chi connectivity index (χ4n) is 3.07. The summed E-state index contributed by atoms with van der Waals surface area (Å²) in [4.78, 5) is 33.0. The maximum Gasteiger partial charge on any atom is 0.271 e. The topological polar surface area (TPSA) is 74.8 Å². The molecule has 1 heterocycles. The second-order valence-corrected chi connectivity index (χ2v) is 8.29. The third-order valence-corrected chi connectivity index (χ3v) is 6.00. The van der Waals surface area contributed by atoms with Gasteiger partial charge in [0, 0.05) is 21.9 Å². The molecule has 31 heavy (non-hydrogen) atoms. The van der Waals surface area contributed by atoms with Gasteiger partial charge in [-0.15, -0.1) is 11.8 Å². The number of anilines is 1. The highest BCUT2D eigenvalue weighted by Gasteiger charge is 2.09. The molecule has 5 nitrogen and oxygen atoms in total. The van der Waals surface area contributed by atoms with Crippen LogP contribution in [0.25, 0.3) is 11.0 Å². The van der Waals surface area contributed by atoms with Crippen LogP contribution in [0.5, 0.6) is 0 Å². The Balaban J connectivity index is 1.43. The Hall–Kier alpha value is -3.45. The van der Waals surface area contributed by atoms with E-state index in [0.717, 1.165) is 27.1 Å². The molecule has 1 amide bonds. The number of aryl methyl sites for hydroxylation is 2. The first-order chi connectivity index (χ1) is 14.9. The smallest absolute Gasteiger partial charge is 0.271 e. The van der Waals surface area contributed by atoms with Crippen molar-refractivity contribution in [2.24, 2.45) is 0 Å². The fraction of sp³-hybridized carbons (Fsp3) is 0.125. The SMILES string of the molecule is Cc1cc2nc(CSc3ccc(NC(=O)c4ccc(F)cc4)cc3)c(=O)[nH]c2cc1C. The highest BCUT2D eigenvalue weighted by Crippen LogP contribution is 2.24. The molecule has 156 valence electrons. The van der Waals surface area contributed by atoms with Crippen LogP contribution in [-0.2, 0) is 5.75 Å². The number of carbonyl (C=O) groups excluding carboxylic acids is 1. The normalized spacial score (nSPS) is 10.9. The van der Waals surface area contributed by atoms with Crippen LogP contribution in [-0.4, -0.2) is 15.9 Å². The number of benzene rings is 3. The van der Waals surface area contributed by atoms with Crippen molar-refractivity contribution in [1.29, 1.82) is 0 Å². The van der Waals surface area contributed by atoms with E-state index in [-0.39, 0.29) is 17.3 Å². The summed E-state index contributed by atoms with van der Waals surface area (Å²) in [5, 5.41) is 2.78. The van der Waals surface area contributed by atoms with Gasteiger partial charge in [0.05, 0.1) is 11.0 Å². The van der Waals surface area contributed by atoms with Gasteiger partial charge in [0.15, 0.2) is 0 Å². The van der Waals surface area contributed by atoms with Crippen LogP contribution in [0.4, 0.5) is 10.1 Å². The van der Waals surface area contributed by atoms with Gasteiger partial charge in [-0.3, -0.25) is 9.59 Å². The highest BCUT2D eigenvalue weighted by molar-refractivity contribution is 7.98. The van der Waals surface area contributed by atoms with Crippen LogP contribution in [0.2, 0.25) is 0 Å². The number of nitrogens with zero attached hydrogens (tertiary/aromatic N) is 1. The Kier molecular flexibility index (Phi) is 5.86. The van der Waals surface area contributed by atoms with Gasteiger partial charge in [0.2, 0.25) is 0 Å². The predicted octanol–water partition coefficient (Wildman–Crippen LogP) is 5.22. The van der Waals surface area contributed by atoms with E-state index in [1.165, 1.54) is 36.0 Å². The summed E-state index contributed by atoms with van der Waals surface area (Å²) in [7, 11) is 0. The summed E-state index contributed by atoms with van der Waals surface area (Å²) in [5.41, 5.74) is 5.04. The molecule has 0 atom stereocenters. The lowest BCUT2D eigenvalue weighted by Gasteiger charge is -2.08. The van der Waals surface area contributed by atoms with Gasteiger partial charge in [-0.05, 0) is 85.6 Å². The average molecular weight is 434 g/mol. The number of nitrogens with one attached hydrogen (secondary N) is 2. The van der Waals surface area contributed by atoms with Crippen LogP contribution in [0.3, 0.4) is 0 Å². The summed E-state index contributed by atoms with van der Waals surface area (Å²) in [6.07, 6.45) is 0. The number of aromatic amines is 1. The second-order valence-electron chi connectivity index (χ2n) is 7.24. The van der Waals surface area contributed by atoms with Crippen molar-refractivity contribution >= 4 is 34.4 Å². The number of thioether (sulfide) groups is 1. The number of rotatable bonds is 5. The van der Waals surface area contributed by atoms with E-state index in [1.54, 1.807) is 12.1 Å². The Morgan fingerprint density at radius 2 is 1.71 bits per heavy atom. The molecule has 1 aromatic heterocycles. The summed E-state index contributed by atoms with van der Waals surface area (Å²) < 4.78 is 13.0. The van der Waals surface area contributed by atoms with Gasteiger partial charge in [0.25, 0.3) is 11.5 Å². The number of carbonyl (C=O) groups is 1. The first-order valence-electron chi connectivity index (χ1n) is 9.69. The minimum atomic E-state index is -0.386. The number of halogens is 1. The molecule has 4 aromatic rings. The summed E-state index contributed by atoms with van der Waals surface area (Å²) in [6, 6.07) is 16.6. The largest absolute Gasteiger partial charge is 0.322 e. The van der Waals surface area contributed by atoms with Crippen molar-refractivity contribution in [1.82, 2.24) is 9.97 Å². The lowest BCUT2D eigenvalue weighted by molar-refractivity contribution is 0.102.